The van der Waals surface area contributed by atoms with E-state index in [1.807, 2.05) is 0 Å². The first-order chi connectivity index (χ1) is 35.4. The van der Waals surface area contributed by atoms with Crippen LogP contribution in [0.25, 0.3) is 0 Å². The fourth-order valence-electron chi connectivity index (χ4n) is 9.81. The molecule has 0 aliphatic carbocycles. The molecule has 30 atom stereocenters. The maximum Gasteiger partial charge on any atom is 0.338 e. The highest BCUT2D eigenvalue weighted by molar-refractivity contribution is 5.89. The molecule has 1 aromatic carbocycles. The highest BCUT2D eigenvalue weighted by Gasteiger charge is 2.59. The van der Waals surface area contributed by atoms with Gasteiger partial charge in [-0.15, -0.1) is 0 Å². The number of aliphatic hydroxyl groups is 17. The predicted octanol–water partition coefficient (Wildman–Crippen LogP) is -11.2. The zero-order valence-electron chi connectivity index (χ0n) is 38.8. The van der Waals surface area contributed by atoms with Gasteiger partial charge in [-0.3, -0.25) is 0 Å². The standard InChI is InChI=1S/C43H64O31/c44-6-13-30-19(50)24(55)38(62-13)70-31-14(7-45)64-40(26(57)21(31)52)72-33-16(9-47)66-42(28(59)23(33)54)74-35-18(11-49)67-43(29(60)36(35)68-37(61)12-4-2-1-3-5-12)73-34-17(10-48)65-41(27(58)22(34)53)71-32-15(8-46)63-39(69-30)25(56)20(32)51/h1-5,13-36,38-60H,6-11H2/t13-,14-,15-,16-,17-,18-,19-,20-,21-,22-,23-,24-,25-,26-,27-,28-,29-,30-,31-,32-,33-,34-,35+,36-,38-,39-,40-,41-,42-,43-/m1/s1. The van der Waals surface area contributed by atoms with Crippen LogP contribution in [0.1, 0.15) is 10.4 Å². The lowest BCUT2D eigenvalue weighted by molar-refractivity contribution is -0.403. The number of carbonyl (C=O) groups is 1. The highest BCUT2D eigenvalue weighted by atomic mass is 16.8. The van der Waals surface area contributed by atoms with Gasteiger partial charge in [0.05, 0.1) is 45.2 Å². The van der Waals surface area contributed by atoms with Crippen LogP contribution in [0.5, 0.6) is 0 Å². The van der Waals surface area contributed by atoms with E-state index in [4.69, 9.17) is 61.6 Å². The number of carbonyl (C=O) groups excluding carboxylic acids is 1. The number of aliphatic hydroxyl groups excluding tert-OH is 17. The summed E-state index contributed by atoms with van der Waals surface area (Å²) in [5, 5.41) is 188. The molecule has 0 spiro atoms. The first-order valence-electron chi connectivity index (χ1n) is 23.6. The molecule has 22 aliphatic heterocycles. The molecular formula is C43H64O31. The zero-order chi connectivity index (χ0) is 53.4. The Morgan fingerprint density at radius 1 is 0.324 bits per heavy atom. The molecule has 22 aliphatic rings. The molecule has 1 aromatic rings. The second-order valence-corrected chi connectivity index (χ2v) is 18.6. The largest absolute Gasteiger partial charge is 0.453 e. The summed E-state index contributed by atoms with van der Waals surface area (Å²) in [6.45, 7) is -6.17. The molecule has 0 aromatic heterocycles. The summed E-state index contributed by atoms with van der Waals surface area (Å²) in [7, 11) is 0. The van der Waals surface area contributed by atoms with Crippen LogP contribution in [0, 0.1) is 0 Å². The Labute approximate surface area is 418 Å². The van der Waals surface area contributed by atoms with Gasteiger partial charge in [0.25, 0.3) is 0 Å². The fraction of sp³-hybridized carbons (Fsp3) is 0.837. The van der Waals surface area contributed by atoms with Crippen LogP contribution in [-0.4, -0.2) is 317 Å². The van der Waals surface area contributed by atoms with Crippen molar-refractivity contribution >= 4 is 5.97 Å². The van der Waals surface area contributed by atoms with Gasteiger partial charge in [0.15, 0.2) is 43.8 Å². The summed E-state index contributed by atoms with van der Waals surface area (Å²) in [5.41, 5.74) is -0.0696. The van der Waals surface area contributed by atoms with Crippen molar-refractivity contribution in [3.63, 3.8) is 0 Å². The monoisotopic (exact) mass is 1080 g/mol. The molecule has 0 unspecified atom stereocenters. The lowest BCUT2D eigenvalue weighted by Gasteiger charge is -2.51. The van der Waals surface area contributed by atoms with Crippen molar-refractivity contribution in [3.05, 3.63) is 35.9 Å². The molecule has 17 N–H and O–H groups in total. The highest BCUT2D eigenvalue weighted by Crippen LogP contribution is 2.38. The van der Waals surface area contributed by atoms with Gasteiger partial charge in [0, 0.05) is 0 Å². The quantitative estimate of drug-likeness (QED) is 0.108. The third-order valence-corrected chi connectivity index (χ3v) is 13.9. The predicted molar refractivity (Wildman–Crippen MR) is 225 cm³/mol. The van der Waals surface area contributed by atoms with Gasteiger partial charge in [-0.25, -0.2) is 4.79 Å². The summed E-state index contributed by atoms with van der Waals surface area (Å²) >= 11 is 0. The molecule has 22 heterocycles. The van der Waals surface area contributed by atoms with Gasteiger partial charge < -0.3 is 148 Å². The molecule has 0 amide bonds. The van der Waals surface area contributed by atoms with Crippen LogP contribution in [0.15, 0.2) is 30.3 Å². The van der Waals surface area contributed by atoms with Gasteiger partial charge in [0.2, 0.25) is 0 Å². The normalized spacial score (nSPS) is 50.5. The minimum Gasteiger partial charge on any atom is -0.453 e. The van der Waals surface area contributed by atoms with Crippen molar-refractivity contribution in [2.75, 3.05) is 39.6 Å². The first-order valence-corrected chi connectivity index (χ1v) is 23.6. The molecule has 12 bridgehead atoms. The van der Waals surface area contributed by atoms with Gasteiger partial charge in [-0.05, 0) is 12.1 Å². The van der Waals surface area contributed by atoms with E-state index in [1.165, 1.54) is 24.3 Å². The number of esters is 1. The van der Waals surface area contributed by atoms with E-state index in [9.17, 15) is 91.6 Å². The van der Waals surface area contributed by atoms with Gasteiger partial charge in [0.1, 0.15) is 140 Å². The summed E-state index contributed by atoms with van der Waals surface area (Å²) < 4.78 is 74.9. The Kier molecular flexibility index (Phi) is 19.2. The second kappa shape index (κ2) is 24.7. The molecule has 422 valence electrons. The Hall–Kier alpha value is -2.47. The van der Waals surface area contributed by atoms with E-state index in [-0.39, 0.29) is 5.56 Å². The summed E-state index contributed by atoms with van der Waals surface area (Å²) in [5.74, 6) is -1.10. The molecule has 22 fully saturated rings. The smallest absolute Gasteiger partial charge is 0.338 e. The van der Waals surface area contributed by atoms with Gasteiger partial charge >= 0.3 is 5.97 Å². The van der Waals surface area contributed by atoms with E-state index in [0.29, 0.717) is 0 Å². The van der Waals surface area contributed by atoms with Crippen molar-refractivity contribution in [1.29, 1.82) is 0 Å². The topological polar surface area (TPSA) is 481 Å². The third kappa shape index (κ3) is 11.4. The van der Waals surface area contributed by atoms with Crippen LogP contribution >= 0.6 is 0 Å². The Morgan fingerprint density at radius 3 is 0.811 bits per heavy atom. The van der Waals surface area contributed by atoms with Crippen molar-refractivity contribution in [1.82, 2.24) is 0 Å². The number of benzene rings is 1. The molecule has 31 nitrogen and oxygen atoms in total. The number of hydrogen-bond acceptors (Lipinski definition) is 31. The molecule has 0 saturated carbocycles. The molecule has 0 radical (unpaired) electrons. The molecule has 74 heavy (non-hydrogen) atoms. The molecular weight excluding hydrogens is 1010 g/mol. The SMILES string of the molecule is O=C(O[C@@H]1[C@@H](O)[C@H]2O[C@H]3[C@H](O)[C@@H](O)[C@@H](O[C@H]4[C@H](O)[C@@H](O)[C@@H](O[C@H]5[C@H](O)[C@@H](O)[C@@H](O[C@H]6[C@H](O)[C@@H](O)[C@@H](O[C@H]7[C@H](O)[C@@H](O)[C@@H](O[C@H]1[C@@H](CO)O2)O[C@@H]7CO)O[C@@H]6CO)O[C@@H]5CO)O[C@@H]4CO)O[C@@H]3CO)c1ccccc1. The minimum absolute atomic E-state index is 0.0696. The minimum atomic E-state index is -2.21. The van der Waals surface area contributed by atoms with E-state index in [0.717, 1.165) is 0 Å². The fourth-order valence-corrected chi connectivity index (χ4v) is 9.81. The second-order valence-electron chi connectivity index (χ2n) is 18.6. The maximum absolute atomic E-state index is 13.6. The number of rotatable bonds is 8. The molecule has 31 heteroatoms. The number of hydrogen-bond donors (Lipinski definition) is 17. The summed E-state index contributed by atoms with van der Waals surface area (Å²) in [6, 6.07) is 7.22. The van der Waals surface area contributed by atoms with E-state index in [1.54, 1.807) is 6.07 Å². The Morgan fingerprint density at radius 2 is 0.554 bits per heavy atom. The maximum atomic E-state index is 13.6. The molecule has 22 saturated heterocycles. The van der Waals surface area contributed by atoms with Crippen molar-refractivity contribution in [2.24, 2.45) is 0 Å². The third-order valence-electron chi connectivity index (χ3n) is 13.9. The average molecular weight is 1080 g/mol. The van der Waals surface area contributed by atoms with Gasteiger partial charge in [-0.1, -0.05) is 18.2 Å². The number of ether oxygens (including phenoxy) is 13. The average Bonchev–Trinajstić information content (AvgIpc) is 3.40. The van der Waals surface area contributed by atoms with E-state index < -0.39 is 230 Å². The van der Waals surface area contributed by atoms with Crippen molar-refractivity contribution in [2.45, 2.75) is 184 Å². The van der Waals surface area contributed by atoms with E-state index >= 15 is 0 Å². The Bertz CT molecular complexity index is 1920. The van der Waals surface area contributed by atoms with E-state index in [2.05, 4.69) is 0 Å². The summed E-state index contributed by atoms with van der Waals surface area (Å²) in [4.78, 5) is 13.6. The molecule has 23 rings (SSSR count). The van der Waals surface area contributed by atoms with Crippen LogP contribution < -0.4 is 0 Å². The van der Waals surface area contributed by atoms with Crippen LogP contribution in [0.2, 0.25) is 0 Å². The van der Waals surface area contributed by atoms with Crippen LogP contribution in [0.3, 0.4) is 0 Å². The lowest BCUT2D eigenvalue weighted by Crippen LogP contribution is -2.69. The first kappa shape index (κ1) is 57.7. The van der Waals surface area contributed by atoms with Gasteiger partial charge in [-0.2, -0.15) is 0 Å². The van der Waals surface area contributed by atoms with Crippen LogP contribution in [0.4, 0.5) is 0 Å². The summed E-state index contributed by atoms with van der Waals surface area (Å²) in [6.07, 6.45) is -59.6. The van der Waals surface area contributed by atoms with Crippen molar-refractivity contribution < 1.29 is 153 Å². The lowest BCUT2D eigenvalue weighted by atomic mass is 9.94. The van der Waals surface area contributed by atoms with Crippen LogP contribution in [-0.2, 0) is 61.6 Å². The zero-order valence-corrected chi connectivity index (χ0v) is 38.8. The van der Waals surface area contributed by atoms with Crippen molar-refractivity contribution in [3.8, 4) is 0 Å². The Balaban J connectivity index is 1.13.